The SMILES string of the molecule is COc1ccccc1C=C1C(=O)N(CN2C[C@H]3C[C@H](C2)c2cccc(=O)n2C3)c2cc(Cl)ccc21. The first-order valence-corrected chi connectivity index (χ1v) is 12.3. The van der Waals surface area contributed by atoms with E-state index < -0.39 is 0 Å². The lowest BCUT2D eigenvalue weighted by molar-refractivity contribution is -0.113. The van der Waals surface area contributed by atoms with E-state index in [0.29, 0.717) is 23.2 Å². The fourth-order valence-corrected chi connectivity index (χ4v) is 6.02. The highest BCUT2D eigenvalue weighted by Gasteiger charge is 2.38. The normalized spacial score (nSPS) is 22.3. The zero-order valence-corrected chi connectivity index (χ0v) is 20.2. The molecule has 3 aliphatic rings. The van der Waals surface area contributed by atoms with E-state index in [9.17, 15) is 9.59 Å². The Morgan fingerprint density at radius 2 is 1.89 bits per heavy atom. The Hall–Kier alpha value is -3.35. The maximum absolute atomic E-state index is 13.7. The maximum Gasteiger partial charge on any atom is 0.260 e. The van der Waals surface area contributed by atoms with Crippen LogP contribution < -0.4 is 15.2 Å². The highest BCUT2D eigenvalue weighted by Crippen LogP contribution is 2.41. The van der Waals surface area contributed by atoms with Crippen molar-refractivity contribution < 1.29 is 9.53 Å². The van der Waals surface area contributed by atoms with Crippen molar-refractivity contribution >= 4 is 34.8 Å². The van der Waals surface area contributed by atoms with Gasteiger partial charge in [0.25, 0.3) is 11.5 Å². The number of carbonyl (C=O) groups is 1. The highest BCUT2D eigenvalue weighted by molar-refractivity contribution is 6.37. The Labute approximate surface area is 209 Å². The summed E-state index contributed by atoms with van der Waals surface area (Å²) in [5.74, 6) is 1.36. The second-order valence-electron chi connectivity index (χ2n) is 9.57. The maximum atomic E-state index is 13.7. The monoisotopic (exact) mass is 487 g/mol. The van der Waals surface area contributed by atoms with Crippen LogP contribution in [0.2, 0.25) is 5.02 Å². The predicted molar refractivity (Wildman–Crippen MR) is 138 cm³/mol. The summed E-state index contributed by atoms with van der Waals surface area (Å²) in [4.78, 5) is 30.3. The van der Waals surface area contributed by atoms with Gasteiger partial charge in [0, 0.05) is 59.0 Å². The van der Waals surface area contributed by atoms with Gasteiger partial charge in [0.05, 0.1) is 19.5 Å². The number of amides is 1. The van der Waals surface area contributed by atoms with E-state index in [1.54, 1.807) is 13.2 Å². The Bertz CT molecular complexity index is 1410. The molecule has 1 fully saturated rings. The molecule has 6 nitrogen and oxygen atoms in total. The third kappa shape index (κ3) is 3.87. The van der Waals surface area contributed by atoms with Crippen molar-refractivity contribution in [1.82, 2.24) is 9.47 Å². The molecule has 1 saturated heterocycles. The third-order valence-electron chi connectivity index (χ3n) is 7.35. The zero-order chi connectivity index (χ0) is 24.1. The number of likely N-dealkylation sites (tertiary alicyclic amines) is 1. The second kappa shape index (κ2) is 8.70. The van der Waals surface area contributed by atoms with Crippen LogP contribution in [0.3, 0.4) is 0 Å². The van der Waals surface area contributed by atoms with Crippen LogP contribution in [0.4, 0.5) is 5.69 Å². The lowest BCUT2D eigenvalue weighted by atomic mass is 9.83. The van der Waals surface area contributed by atoms with Gasteiger partial charge in [0.1, 0.15) is 5.75 Å². The number of carbonyl (C=O) groups excluding carboxylic acids is 1. The number of fused-ring (bicyclic) bond motifs is 5. The third-order valence-corrected chi connectivity index (χ3v) is 7.59. The van der Waals surface area contributed by atoms with Crippen molar-refractivity contribution in [3.8, 4) is 5.75 Å². The molecule has 3 aliphatic heterocycles. The van der Waals surface area contributed by atoms with Crippen LogP contribution in [0.25, 0.3) is 11.6 Å². The number of aromatic nitrogens is 1. The molecule has 7 heteroatoms. The first-order valence-electron chi connectivity index (χ1n) is 11.9. The molecule has 2 atom stereocenters. The lowest BCUT2D eigenvalue weighted by Gasteiger charge is -2.43. The van der Waals surface area contributed by atoms with E-state index in [4.69, 9.17) is 16.3 Å². The predicted octanol–water partition coefficient (Wildman–Crippen LogP) is 4.47. The Kier molecular flexibility index (Phi) is 5.50. The first-order chi connectivity index (χ1) is 17.0. The van der Waals surface area contributed by atoms with Crippen LogP contribution in [0.15, 0.2) is 65.5 Å². The van der Waals surface area contributed by atoms with Crippen molar-refractivity contribution in [2.45, 2.75) is 18.9 Å². The van der Waals surface area contributed by atoms with E-state index in [1.165, 1.54) is 0 Å². The molecule has 0 N–H and O–H groups in total. The van der Waals surface area contributed by atoms with Gasteiger partial charge >= 0.3 is 0 Å². The fraction of sp³-hybridized carbons (Fsp3) is 0.286. The molecule has 0 saturated carbocycles. The molecule has 35 heavy (non-hydrogen) atoms. The van der Waals surface area contributed by atoms with Crippen LogP contribution in [-0.2, 0) is 11.3 Å². The van der Waals surface area contributed by atoms with Crippen molar-refractivity contribution in [2.24, 2.45) is 5.92 Å². The van der Waals surface area contributed by atoms with Gasteiger partial charge in [0.15, 0.2) is 0 Å². The number of ether oxygens (including phenoxy) is 1. The molecule has 2 aromatic carbocycles. The standard InChI is InChI=1S/C28H26ClN3O3/c1-35-26-7-3-2-5-19(26)12-23-22-10-9-21(29)13-25(22)32(28(23)34)17-30-14-18-11-20(16-30)24-6-4-8-27(33)31(24)15-18/h2-10,12-13,18,20H,11,14-17H2,1H3/t18-,20-/m1/s1. The summed E-state index contributed by atoms with van der Waals surface area (Å²) < 4.78 is 7.43. The number of anilines is 1. The summed E-state index contributed by atoms with van der Waals surface area (Å²) >= 11 is 6.36. The highest BCUT2D eigenvalue weighted by atomic mass is 35.5. The van der Waals surface area contributed by atoms with Gasteiger partial charge in [-0.05, 0) is 42.7 Å². The fourth-order valence-electron chi connectivity index (χ4n) is 5.86. The van der Waals surface area contributed by atoms with Crippen molar-refractivity contribution in [3.63, 3.8) is 0 Å². The van der Waals surface area contributed by atoms with E-state index in [0.717, 1.165) is 54.3 Å². The molecule has 0 radical (unpaired) electrons. The van der Waals surface area contributed by atoms with E-state index in [-0.39, 0.29) is 17.4 Å². The van der Waals surface area contributed by atoms with Crippen LogP contribution in [0.5, 0.6) is 5.75 Å². The van der Waals surface area contributed by atoms with Crippen LogP contribution in [-0.4, -0.2) is 42.2 Å². The van der Waals surface area contributed by atoms with E-state index in [2.05, 4.69) is 11.0 Å². The van der Waals surface area contributed by atoms with Crippen LogP contribution >= 0.6 is 11.6 Å². The molecular formula is C28H26ClN3O3. The molecular weight excluding hydrogens is 462 g/mol. The number of benzene rings is 2. The average molecular weight is 488 g/mol. The zero-order valence-electron chi connectivity index (χ0n) is 19.5. The topological polar surface area (TPSA) is 54.8 Å². The summed E-state index contributed by atoms with van der Waals surface area (Å²) in [6.45, 7) is 2.88. The van der Waals surface area contributed by atoms with Crippen LogP contribution in [0, 0.1) is 5.92 Å². The van der Waals surface area contributed by atoms with Crippen molar-refractivity contribution in [3.05, 3.63) is 92.9 Å². The van der Waals surface area contributed by atoms with Gasteiger partial charge in [-0.1, -0.05) is 41.9 Å². The second-order valence-corrected chi connectivity index (χ2v) is 10.0. The quantitative estimate of drug-likeness (QED) is 0.509. The molecule has 3 aromatic rings. The number of piperidine rings is 1. The molecule has 4 heterocycles. The smallest absolute Gasteiger partial charge is 0.260 e. The molecule has 1 amide bonds. The molecule has 0 spiro atoms. The number of nitrogens with zero attached hydrogens (tertiary/aromatic N) is 3. The Morgan fingerprint density at radius 1 is 1.03 bits per heavy atom. The lowest BCUT2D eigenvalue weighted by Crippen LogP contribution is -2.50. The van der Waals surface area contributed by atoms with Crippen molar-refractivity contribution in [2.75, 3.05) is 31.8 Å². The Morgan fingerprint density at radius 3 is 2.74 bits per heavy atom. The number of hydrogen-bond acceptors (Lipinski definition) is 4. The van der Waals surface area contributed by atoms with Gasteiger partial charge in [0.2, 0.25) is 0 Å². The minimum Gasteiger partial charge on any atom is -0.496 e. The summed E-state index contributed by atoms with van der Waals surface area (Å²) in [5.41, 5.74) is 4.38. The summed E-state index contributed by atoms with van der Waals surface area (Å²) in [6, 6.07) is 18.9. The number of para-hydroxylation sites is 1. The first kappa shape index (κ1) is 22.1. The minimum absolute atomic E-state index is 0.0412. The van der Waals surface area contributed by atoms with Gasteiger partial charge in [-0.25, -0.2) is 0 Å². The number of halogens is 1. The van der Waals surface area contributed by atoms with Gasteiger partial charge < -0.3 is 9.30 Å². The minimum atomic E-state index is -0.0412. The van der Waals surface area contributed by atoms with E-state index >= 15 is 0 Å². The van der Waals surface area contributed by atoms with E-state index in [1.807, 2.05) is 64.1 Å². The summed E-state index contributed by atoms with van der Waals surface area (Å²) in [5, 5.41) is 0.601. The molecule has 0 aliphatic carbocycles. The van der Waals surface area contributed by atoms with Gasteiger partial charge in [-0.2, -0.15) is 0 Å². The van der Waals surface area contributed by atoms with Crippen LogP contribution in [0.1, 0.15) is 29.2 Å². The molecule has 6 rings (SSSR count). The van der Waals surface area contributed by atoms with Gasteiger partial charge in [-0.3, -0.25) is 19.4 Å². The molecule has 178 valence electrons. The molecule has 1 aromatic heterocycles. The summed E-state index contributed by atoms with van der Waals surface area (Å²) in [6.07, 6.45) is 2.98. The van der Waals surface area contributed by atoms with Gasteiger partial charge in [-0.15, -0.1) is 0 Å². The number of methoxy groups -OCH3 is 1. The summed E-state index contributed by atoms with van der Waals surface area (Å²) in [7, 11) is 1.63. The number of pyridine rings is 1. The number of hydrogen-bond donors (Lipinski definition) is 0. The number of rotatable bonds is 4. The molecule has 0 unspecified atom stereocenters. The Balaban J connectivity index is 1.32. The van der Waals surface area contributed by atoms with Crippen molar-refractivity contribution in [1.29, 1.82) is 0 Å². The molecule has 2 bridgehead atoms. The average Bonchev–Trinajstić information content (AvgIpc) is 3.10. The largest absolute Gasteiger partial charge is 0.496 e.